The number of anilines is 1. The Hall–Kier alpha value is -1.55. The van der Waals surface area contributed by atoms with Crippen LogP contribution in [-0.2, 0) is 9.47 Å². The molecule has 3 rings (SSSR count). The van der Waals surface area contributed by atoms with E-state index in [4.69, 9.17) is 9.47 Å². The third-order valence-corrected chi connectivity index (χ3v) is 3.62. The molecule has 2 atom stereocenters. The molecule has 1 aromatic carbocycles. The van der Waals surface area contributed by atoms with Crippen molar-refractivity contribution in [2.45, 2.75) is 18.4 Å². The molecule has 2 unspecified atom stereocenters. The van der Waals surface area contributed by atoms with E-state index in [0.717, 1.165) is 12.1 Å². The molecule has 1 aromatic rings. The summed E-state index contributed by atoms with van der Waals surface area (Å²) in [6.45, 7) is 1.40. The minimum absolute atomic E-state index is 0.189. The molecule has 0 aromatic heterocycles. The molecule has 1 amide bonds. The Kier molecular flexibility index (Phi) is 2.52. The van der Waals surface area contributed by atoms with Crippen LogP contribution < -0.4 is 4.90 Å². The zero-order valence-electron chi connectivity index (χ0n) is 9.76. The van der Waals surface area contributed by atoms with Gasteiger partial charge >= 0.3 is 6.09 Å². The fourth-order valence-corrected chi connectivity index (χ4v) is 2.86. The molecule has 90 valence electrons. The molecule has 0 aliphatic carbocycles. The summed E-state index contributed by atoms with van der Waals surface area (Å²) >= 11 is 0. The minimum Gasteiger partial charge on any atom is -0.452 e. The van der Waals surface area contributed by atoms with Gasteiger partial charge in [0, 0.05) is 12.5 Å². The van der Waals surface area contributed by atoms with Crippen LogP contribution in [0.15, 0.2) is 24.3 Å². The van der Waals surface area contributed by atoms with Crippen molar-refractivity contribution < 1.29 is 14.3 Å². The van der Waals surface area contributed by atoms with E-state index < -0.39 is 0 Å². The normalized spacial score (nSPS) is 26.3. The van der Waals surface area contributed by atoms with E-state index in [1.165, 1.54) is 12.7 Å². The van der Waals surface area contributed by atoms with E-state index in [2.05, 4.69) is 6.07 Å². The lowest BCUT2D eigenvalue weighted by atomic mass is 9.92. The van der Waals surface area contributed by atoms with E-state index in [1.807, 2.05) is 18.2 Å². The summed E-state index contributed by atoms with van der Waals surface area (Å²) in [6, 6.07) is 8.20. The highest BCUT2D eigenvalue weighted by atomic mass is 16.5. The first-order valence-electron chi connectivity index (χ1n) is 5.87. The summed E-state index contributed by atoms with van der Waals surface area (Å²) in [5.41, 5.74) is 2.17. The number of amides is 1. The second kappa shape index (κ2) is 4.04. The van der Waals surface area contributed by atoms with Crippen molar-refractivity contribution in [3.63, 3.8) is 0 Å². The van der Waals surface area contributed by atoms with E-state index in [9.17, 15) is 4.79 Å². The standard InChI is InChI=1S/C13H15NO3/c1-16-13(15)14-11-5-3-2-4-9(11)10-8-17-7-6-12(10)14/h2-5,10,12H,6-8H2,1H3. The molecule has 2 heterocycles. The third-order valence-electron chi connectivity index (χ3n) is 3.62. The van der Waals surface area contributed by atoms with E-state index in [0.29, 0.717) is 19.1 Å². The molecule has 0 spiro atoms. The maximum Gasteiger partial charge on any atom is 0.414 e. The van der Waals surface area contributed by atoms with Gasteiger partial charge in [0.25, 0.3) is 0 Å². The maximum atomic E-state index is 11.9. The van der Waals surface area contributed by atoms with Gasteiger partial charge < -0.3 is 9.47 Å². The predicted octanol–water partition coefficient (Wildman–Crippen LogP) is 2.15. The number of benzene rings is 1. The largest absolute Gasteiger partial charge is 0.452 e. The van der Waals surface area contributed by atoms with Gasteiger partial charge in [0.15, 0.2) is 0 Å². The number of hydrogen-bond donors (Lipinski definition) is 0. The number of methoxy groups -OCH3 is 1. The summed E-state index contributed by atoms with van der Waals surface area (Å²) < 4.78 is 10.4. The number of rotatable bonds is 0. The molecule has 4 nitrogen and oxygen atoms in total. The number of carbonyl (C=O) groups is 1. The predicted molar refractivity (Wildman–Crippen MR) is 63.3 cm³/mol. The summed E-state index contributed by atoms with van der Waals surface area (Å²) in [7, 11) is 1.43. The van der Waals surface area contributed by atoms with Crippen molar-refractivity contribution in [1.29, 1.82) is 0 Å². The molecule has 1 fully saturated rings. The van der Waals surface area contributed by atoms with Crippen LogP contribution in [0.4, 0.5) is 10.5 Å². The average Bonchev–Trinajstić information content (AvgIpc) is 2.72. The number of carbonyl (C=O) groups excluding carboxylic acids is 1. The highest BCUT2D eigenvalue weighted by Crippen LogP contribution is 2.44. The van der Waals surface area contributed by atoms with Crippen molar-refractivity contribution >= 4 is 11.8 Å². The van der Waals surface area contributed by atoms with Crippen molar-refractivity contribution in [1.82, 2.24) is 0 Å². The molecule has 0 radical (unpaired) electrons. The van der Waals surface area contributed by atoms with Gasteiger partial charge in [0.1, 0.15) is 0 Å². The fraction of sp³-hybridized carbons (Fsp3) is 0.462. The SMILES string of the molecule is COC(=O)N1c2ccccc2C2COCCC21. The summed E-state index contributed by atoms with van der Waals surface area (Å²) in [6.07, 6.45) is 0.598. The second-order valence-corrected chi connectivity index (χ2v) is 4.44. The van der Waals surface area contributed by atoms with Gasteiger partial charge in [0.05, 0.1) is 25.4 Å². The lowest BCUT2D eigenvalue weighted by Gasteiger charge is -2.31. The van der Waals surface area contributed by atoms with E-state index in [1.54, 1.807) is 4.90 Å². The smallest absolute Gasteiger partial charge is 0.414 e. The maximum absolute atomic E-state index is 11.9. The zero-order valence-corrected chi connectivity index (χ0v) is 9.76. The van der Waals surface area contributed by atoms with Gasteiger partial charge in [0.2, 0.25) is 0 Å². The summed E-state index contributed by atoms with van der Waals surface area (Å²) in [4.78, 5) is 13.7. The van der Waals surface area contributed by atoms with Gasteiger partial charge in [-0.15, -0.1) is 0 Å². The van der Waals surface area contributed by atoms with Crippen LogP contribution in [0.2, 0.25) is 0 Å². The van der Waals surface area contributed by atoms with Gasteiger partial charge in [-0.05, 0) is 18.1 Å². The number of hydrogen-bond acceptors (Lipinski definition) is 3. The lowest BCUT2D eigenvalue weighted by Crippen LogP contribution is -2.43. The zero-order chi connectivity index (χ0) is 11.8. The Morgan fingerprint density at radius 1 is 1.47 bits per heavy atom. The molecule has 0 N–H and O–H groups in total. The first-order chi connectivity index (χ1) is 8.33. The van der Waals surface area contributed by atoms with Gasteiger partial charge in [-0.1, -0.05) is 18.2 Å². The molecule has 4 heteroatoms. The van der Waals surface area contributed by atoms with Crippen LogP contribution in [0.1, 0.15) is 17.9 Å². The number of para-hydroxylation sites is 1. The Morgan fingerprint density at radius 3 is 3.12 bits per heavy atom. The molecule has 0 saturated carbocycles. The fourth-order valence-electron chi connectivity index (χ4n) is 2.86. The Balaban J connectivity index is 2.05. The van der Waals surface area contributed by atoms with Gasteiger partial charge in [-0.2, -0.15) is 0 Å². The highest BCUT2D eigenvalue weighted by Gasteiger charge is 2.43. The Bertz CT molecular complexity index is 446. The van der Waals surface area contributed by atoms with Crippen LogP contribution in [0.5, 0.6) is 0 Å². The summed E-state index contributed by atoms with van der Waals surface area (Å²) in [5, 5.41) is 0. The molecule has 2 aliphatic heterocycles. The molecular formula is C13H15NO3. The Morgan fingerprint density at radius 2 is 2.29 bits per heavy atom. The first kappa shape index (κ1) is 10.6. The van der Waals surface area contributed by atoms with Crippen molar-refractivity contribution in [3.8, 4) is 0 Å². The quantitative estimate of drug-likeness (QED) is 0.689. The molecule has 0 bridgehead atoms. The first-order valence-corrected chi connectivity index (χ1v) is 5.87. The summed E-state index contributed by atoms with van der Waals surface area (Å²) in [5.74, 6) is 0.291. The van der Waals surface area contributed by atoms with Crippen LogP contribution in [0, 0.1) is 0 Å². The molecule has 2 aliphatic rings. The van der Waals surface area contributed by atoms with Gasteiger partial charge in [-0.25, -0.2) is 4.79 Å². The molecular weight excluding hydrogens is 218 g/mol. The molecule has 1 saturated heterocycles. The van der Waals surface area contributed by atoms with Crippen LogP contribution in [-0.4, -0.2) is 32.5 Å². The number of ether oxygens (including phenoxy) is 2. The van der Waals surface area contributed by atoms with Crippen LogP contribution in [0.25, 0.3) is 0 Å². The van der Waals surface area contributed by atoms with Crippen molar-refractivity contribution in [2.24, 2.45) is 0 Å². The average molecular weight is 233 g/mol. The monoisotopic (exact) mass is 233 g/mol. The highest BCUT2D eigenvalue weighted by molar-refractivity contribution is 5.91. The van der Waals surface area contributed by atoms with Crippen molar-refractivity contribution in [3.05, 3.63) is 29.8 Å². The topological polar surface area (TPSA) is 38.8 Å². The third kappa shape index (κ3) is 1.52. The van der Waals surface area contributed by atoms with Crippen molar-refractivity contribution in [2.75, 3.05) is 25.2 Å². The minimum atomic E-state index is -0.271. The van der Waals surface area contributed by atoms with E-state index >= 15 is 0 Å². The second-order valence-electron chi connectivity index (χ2n) is 4.44. The lowest BCUT2D eigenvalue weighted by molar-refractivity contribution is 0.0706. The van der Waals surface area contributed by atoms with Crippen LogP contribution in [0.3, 0.4) is 0 Å². The van der Waals surface area contributed by atoms with E-state index in [-0.39, 0.29) is 12.1 Å². The number of fused-ring (bicyclic) bond motifs is 3. The number of nitrogens with zero attached hydrogens (tertiary/aromatic N) is 1. The van der Waals surface area contributed by atoms with Crippen LogP contribution >= 0.6 is 0 Å². The van der Waals surface area contributed by atoms with Gasteiger partial charge in [-0.3, -0.25) is 4.90 Å². The Labute approximate surface area is 100 Å². The molecule has 17 heavy (non-hydrogen) atoms.